The maximum absolute atomic E-state index is 12.2. The zero-order chi connectivity index (χ0) is 18.9. The molecular weight excluding hydrogens is 334 g/mol. The summed E-state index contributed by atoms with van der Waals surface area (Å²) in [6, 6.07) is 13.7. The number of hydrogen-bond donors (Lipinski definition) is 2. The molecule has 26 heavy (non-hydrogen) atoms. The summed E-state index contributed by atoms with van der Waals surface area (Å²) in [6.45, 7) is 0. The molecule has 6 heteroatoms. The van der Waals surface area contributed by atoms with Crippen LogP contribution >= 0.6 is 0 Å². The quantitative estimate of drug-likeness (QED) is 0.720. The van der Waals surface area contributed by atoms with Crippen LogP contribution in [0.3, 0.4) is 0 Å². The average Bonchev–Trinajstić information content (AvgIpc) is 2.66. The first-order valence-electron chi connectivity index (χ1n) is 8.30. The Bertz CT molecular complexity index is 723. The Morgan fingerprint density at radius 1 is 1.00 bits per heavy atom. The summed E-state index contributed by atoms with van der Waals surface area (Å²) < 4.78 is 10.4. The van der Waals surface area contributed by atoms with E-state index in [-0.39, 0.29) is 18.7 Å². The lowest BCUT2D eigenvalue weighted by atomic mass is 10.0. The molecule has 0 radical (unpaired) electrons. The largest absolute Gasteiger partial charge is 0.497 e. The molecule has 0 bridgehead atoms. The van der Waals surface area contributed by atoms with Crippen LogP contribution in [0.1, 0.15) is 17.5 Å². The molecule has 0 fully saturated rings. The van der Waals surface area contributed by atoms with Gasteiger partial charge in [-0.15, -0.1) is 0 Å². The van der Waals surface area contributed by atoms with Gasteiger partial charge in [0.25, 0.3) is 0 Å². The third-order valence-corrected chi connectivity index (χ3v) is 3.97. The van der Waals surface area contributed by atoms with Gasteiger partial charge in [0.05, 0.1) is 14.2 Å². The molecule has 2 rings (SSSR count). The molecule has 2 aromatic rings. The highest BCUT2D eigenvalue weighted by atomic mass is 16.5. The molecule has 2 N–H and O–H groups in total. The number of hydrogen-bond acceptors (Lipinski definition) is 4. The van der Waals surface area contributed by atoms with Crippen molar-refractivity contribution in [2.24, 2.45) is 0 Å². The minimum atomic E-state index is -1.05. The number of carboxylic acid groups (broad SMARTS) is 1. The van der Waals surface area contributed by atoms with Crippen molar-refractivity contribution in [2.45, 2.75) is 25.3 Å². The van der Waals surface area contributed by atoms with E-state index in [1.807, 2.05) is 42.5 Å². The van der Waals surface area contributed by atoms with Crippen LogP contribution in [-0.4, -0.2) is 37.2 Å². The Labute approximate surface area is 152 Å². The molecule has 0 spiro atoms. The van der Waals surface area contributed by atoms with Gasteiger partial charge in [-0.05, 0) is 29.7 Å². The molecule has 138 valence electrons. The lowest BCUT2D eigenvalue weighted by Gasteiger charge is -2.15. The van der Waals surface area contributed by atoms with E-state index < -0.39 is 12.0 Å². The minimum absolute atomic E-state index is 0.175. The van der Waals surface area contributed by atoms with Crippen LogP contribution in [0.25, 0.3) is 0 Å². The van der Waals surface area contributed by atoms with Crippen LogP contribution in [-0.2, 0) is 22.4 Å². The highest BCUT2D eigenvalue weighted by Gasteiger charge is 2.20. The maximum atomic E-state index is 12.2. The van der Waals surface area contributed by atoms with Crippen molar-refractivity contribution in [1.29, 1.82) is 0 Å². The molecule has 0 heterocycles. The SMILES string of the molecule is COc1cc(CCC(=O)NC(Cc2ccccc2)C(=O)O)cc(OC)c1. The van der Waals surface area contributed by atoms with E-state index in [9.17, 15) is 14.7 Å². The molecular formula is C20H23NO5. The number of carbonyl (C=O) groups is 2. The van der Waals surface area contributed by atoms with Gasteiger partial charge in [-0.25, -0.2) is 4.79 Å². The lowest BCUT2D eigenvalue weighted by molar-refractivity contribution is -0.141. The predicted molar refractivity (Wildman–Crippen MR) is 97.6 cm³/mol. The van der Waals surface area contributed by atoms with Gasteiger partial charge in [0.15, 0.2) is 0 Å². The topological polar surface area (TPSA) is 84.9 Å². The van der Waals surface area contributed by atoms with Crippen molar-refractivity contribution in [1.82, 2.24) is 5.32 Å². The number of ether oxygens (including phenoxy) is 2. The Morgan fingerprint density at radius 2 is 1.62 bits per heavy atom. The van der Waals surface area contributed by atoms with Crippen molar-refractivity contribution < 1.29 is 24.2 Å². The van der Waals surface area contributed by atoms with Crippen molar-refractivity contribution in [3.05, 3.63) is 59.7 Å². The van der Waals surface area contributed by atoms with Crippen LogP contribution < -0.4 is 14.8 Å². The molecule has 0 aromatic heterocycles. The fourth-order valence-corrected chi connectivity index (χ4v) is 2.58. The Morgan fingerprint density at radius 3 is 2.15 bits per heavy atom. The molecule has 1 atom stereocenters. The second kappa shape index (κ2) is 9.46. The molecule has 0 saturated heterocycles. The first-order valence-corrected chi connectivity index (χ1v) is 8.30. The number of benzene rings is 2. The average molecular weight is 357 g/mol. The predicted octanol–water partition coefficient (Wildman–Crippen LogP) is 2.45. The summed E-state index contributed by atoms with van der Waals surface area (Å²) in [5.41, 5.74) is 1.74. The molecule has 2 aromatic carbocycles. The summed E-state index contributed by atoms with van der Waals surface area (Å²) in [6.07, 6.45) is 0.876. The van der Waals surface area contributed by atoms with Crippen molar-refractivity contribution in [3.8, 4) is 11.5 Å². The third kappa shape index (κ3) is 5.81. The van der Waals surface area contributed by atoms with Crippen molar-refractivity contribution in [3.63, 3.8) is 0 Å². The van der Waals surface area contributed by atoms with Crippen LogP contribution in [0.15, 0.2) is 48.5 Å². The number of aliphatic carboxylic acids is 1. The van der Waals surface area contributed by atoms with Crippen molar-refractivity contribution in [2.75, 3.05) is 14.2 Å². The molecule has 6 nitrogen and oxygen atoms in total. The maximum Gasteiger partial charge on any atom is 0.326 e. The molecule has 0 aliphatic heterocycles. The normalized spacial score (nSPS) is 11.5. The molecule has 0 aliphatic rings. The van der Waals surface area contributed by atoms with Crippen LogP contribution in [0.2, 0.25) is 0 Å². The van der Waals surface area contributed by atoms with E-state index in [2.05, 4.69) is 5.32 Å². The standard InChI is InChI=1S/C20H23NO5/c1-25-16-10-15(11-17(13-16)26-2)8-9-19(22)21-18(20(23)24)12-14-6-4-3-5-7-14/h3-7,10-11,13,18H,8-9,12H2,1-2H3,(H,21,22)(H,23,24). The number of amides is 1. The van der Waals surface area contributed by atoms with Gasteiger partial charge in [0, 0.05) is 18.9 Å². The van der Waals surface area contributed by atoms with Crippen LogP contribution in [0.4, 0.5) is 0 Å². The molecule has 1 unspecified atom stereocenters. The van der Waals surface area contributed by atoms with Gasteiger partial charge in [0.1, 0.15) is 17.5 Å². The molecule has 1 amide bonds. The van der Waals surface area contributed by atoms with Gasteiger partial charge in [0.2, 0.25) is 5.91 Å². The first-order chi connectivity index (χ1) is 12.5. The van der Waals surface area contributed by atoms with Crippen LogP contribution in [0, 0.1) is 0 Å². The van der Waals surface area contributed by atoms with E-state index in [4.69, 9.17) is 9.47 Å². The Hall–Kier alpha value is -3.02. The summed E-state index contributed by atoms with van der Waals surface area (Å²) >= 11 is 0. The zero-order valence-electron chi connectivity index (χ0n) is 14.9. The summed E-state index contributed by atoms with van der Waals surface area (Å²) in [4.78, 5) is 23.6. The van der Waals surface area contributed by atoms with Gasteiger partial charge in [-0.1, -0.05) is 30.3 Å². The van der Waals surface area contributed by atoms with Gasteiger partial charge in [-0.2, -0.15) is 0 Å². The first kappa shape index (κ1) is 19.3. The number of methoxy groups -OCH3 is 2. The number of nitrogens with one attached hydrogen (secondary N) is 1. The fourth-order valence-electron chi connectivity index (χ4n) is 2.58. The fraction of sp³-hybridized carbons (Fsp3) is 0.300. The molecule has 0 aliphatic carbocycles. The highest BCUT2D eigenvalue weighted by Crippen LogP contribution is 2.23. The highest BCUT2D eigenvalue weighted by molar-refractivity contribution is 5.83. The summed E-state index contributed by atoms with van der Waals surface area (Å²) in [5, 5.41) is 11.9. The molecule has 0 saturated carbocycles. The monoisotopic (exact) mass is 357 g/mol. The number of carboxylic acids is 1. The third-order valence-electron chi connectivity index (χ3n) is 3.97. The minimum Gasteiger partial charge on any atom is -0.497 e. The van der Waals surface area contributed by atoms with E-state index in [1.54, 1.807) is 20.3 Å². The smallest absolute Gasteiger partial charge is 0.326 e. The van der Waals surface area contributed by atoms with Crippen LogP contribution in [0.5, 0.6) is 11.5 Å². The second-order valence-corrected chi connectivity index (χ2v) is 5.87. The Kier molecular flexibility index (Phi) is 7.02. The van der Waals surface area contributed by atoms with Gasteiger partial charge < -0.3 is 19.9 Å². The number of carbonyl (C=O) groups excluding carboxylic acids is 1. The zero-order valence-corrected chi connectivity index (χ0v) is 14.9. The van der Waals surface area contributed by atoms with E-state index >= 15 is 0 Å². The second-order valence-electron chi connectivity index (χ2n) is 5.87. The van der Waals surface area contributed by atoms with E-state index in [0.717, 1.165) is 11.1 Å². The Balaban J connectivity index is 1.95. The number of aryl methyl sites for hydroxylation is 1. The van der Waals surface area contributed by atoms with Gasteiger partial charge >= 0.3 is 5.97 Å². The summed E-state index contributed by atoms with van der Waals surface area (Å²) in [5.74, 6) is -0.0696. The van der Waals surface area contributed by atoms with E-state index in [1.165, 1.54) is 0 Å². The van der Waals surface area contributed by atoms with Gasteiger partial charge in [-0.3, -0.25) is 4.79 Å². The number of rotatable bonds is 9. The van der Waals surface area contributed by atoms with E-state index in [0.29, 0.717) is 17.9 Å². The lowest BCUT2D eigenvalue weighted by Crippen LogP contribution is -2.42. The van der Waals surface area contributed by atoms with Crippen molar-refractivity contribution >= 4 is 11.9 Å². The summed E-state index contributed by atoms with van der Waals surface area (Å²) in [7, 11) is 3.12.